The quantitative estimate of drug-likeness (QED) is 0.408. The lowest BCUT2D eigenvalue weighted by atomic mass is 10.1. The molecular weight excluding hydrogens is 449 g/mol. The van der Waals surface area contributed by atoms with E-state index >= 15 is 0 Å². The zero-order valence-corrected chi connectivity index (χ0v) is 18.7. The second-order valence-corrected chi connectivity index (χ2v) is 8.34. The number of benzene rings is 3. The molecule has 0 aliphatic rings. The molecule has 4 nitrogen and oxygen atoms in total. The van der Waals surface area contributed by atoms with Gasteiger partial charge in [0.05, 0.1) is 17.8 Å². The van der Waals surface area contributed by atoms with Gasteiger partial charge in [-0.15, -0.1) is 11.8 Å². The van der Waals surface area contributed by atoms with E-state index in [9.17, 15) is 22.8 Å². The van der Waals surface area contributed by atoms with Crippen LogP contribution in [0.4, 0.5) is 18.9 Å². The lowest BCUT2D eigenvalue weighted by molar-refractivity contribution is -0.137. The van der Waals surface area contributed by atoms with Gasteiger partial charge in [0.1, 0.15) is 5.25 Å². The fraction of sp³-hybridized carbons (Fsp3) is 0.200. The Labute approximate surface area is 194 Å². The molecule has 3 aromatic carbocycles. The molecule has 0 aromatic heterocycles. The highest BCUT2D eigenvalue weighted by atomic mass is 32.2. The molecule has 0 bridgehead atoms. The Morgan fingerprint density at radius 1 is 0.909 bits per heavy atom. The topological polar surface area (TPSA) is 49.4 Å². The van der Waals surface area contributed by atoms with Crippen molar-refractivity contribution in [3.63, 3.8) is 0 Å². The molecule has 0 heterocycles. The minimum absolute atomic E-state index is 0.228. The van der Waals surface area contributed by atoms with Crippen molar-refractivity contribution in [3.05, 3.63) is 96.1 Å². The maximum Gasteiger partial charge on any atom is 0.418 e. The Bertz CT molecular complexity index is 1080. The Balaban J connectivity index is 1.79. The van der Waals surface area contributed by atoms with Gasteiger partial charge in [0, 0.05) is 11.4 Å². The Morgan fingerprint density at radius 3 is 2.09 bits per heavy atom. The highest BCUT2D eigenvalue weighted by Gasteiger charge is 2.34. The Hall–Kier alpha value is -3.26. The number of anilines is 1. The smallest absolute Gasteiger partial charge is 0.332 e. The summed E-state index contributed by atoms with van der Waals surface area (Å²) in [4.78, 5) is 28.3. The van der Waals surface area contributed by atoms with Crippen LogP contribution in [-0.4, -0.2) is 29.8 Å². The fourth-order valence-electron chi connectivity index (χ4n) is 3.24. The average Bonchev–Trinajstić information content (AvgIpc) is 2.81. The lowest BCUT2D eigenvalue weighted by Gasteiger charge is -2.26. The van der Waals surface area contributed by atoms with Crippen LogP contribution in [0.3, 0.4) is 0 Å². The van der Waals surface area contributed by atoms with Crippen molar-refractivity contribution in [2.75, 3.05) is 18.4 Å². The van der Waals surface area contributed by atoms with Crippen LogP contribution in [0.2, 0.25) is 0 Å². The molecule has 0 fully saturated rings. The van der Waals surface area contributed by atoms with Crippen molar-refractivity contribution in [2.24, 2.45) is 0 Å². The maximum atomic E-state index is 13.4. The van der Waals surface area contributed by atoms with Gasteiger partial charge in [-0.05, 0) is 36.8 Å². The number of alkyl halides is 3. The van der Waals surface area contributed by atoms with Crippen molar-refractivity contribution in [1.29, 1.82) is 0 Å². The van der Waals surface area contributed by atoms with Gasteiger partial charge in [-0.3, -0.25) is 9.59 Å². The summed E-state index contributed by atoms with van der Waals surface area (Å²) in [6.45, 7) is 1.59. The van der Waals surface area contributed by atoms with Crippen LogP contribution in [0.15, 0.2) is 89.8 Å². The molecule has 2 amide bonds. The van der Waals surface area contributed by atoms with Crippen LogP contribution >= 0.6 is 11.8 Å². The summed E-state index contributed by atoms with van der Waals surface area (Å²) in [5.74, 6) is -0.991. The van der Waals surface area contributed by atoms with E-state index in [1.165, 1.54) is 34.9 Å². The molecule has 0 spiro atoms. The number of likely N-dealkylation sites (N-methyl/N-ethyl adjacent to an activating group) is 1. The summed E-state index contributed by atoms with van der Waals surface area (Å²) in [6.07, 6.45) is -4.60. The molecule has 0 radical (unpaired) electrons. The number of nitrogens with one attached hydrogen (secondary N) is 1. The largest absolute Gasteiger partial charge is 0.418 e. The predicted octanol–water partition coefficient (Wildman–Crippen LogP) is 6.03. The first-order valence-corrected chi connectivity index (χ1v) is 11.2. The number of thioether (sulfide) groups is 1. The number of nitrogens with zero attached hydrogens (tertiary/aromatic N) is 1. The molecule has 1 atom stereocenters. The molecule has 172 valence electrons. The first-order chi connectivity index (χ1) is 15.8. The fourth-order valence-corrected chi connectivity index (χ4v) is 4.37. The van der Waals surface area contributed by atoms with Crippen molar-refractivity contribution in [1.82, 2.24) is 4.90 Å². The van der Waals surface area contributed by atoms with Crippen molar-refractivity contribution in [3.8, 4) is 0 Å². The third-order valence-corrected chi connectivity index (χ3v) is 6.11. The number of hydrogen-bond acceptors (Lipinski definition) is 3. The molecule has 3 aromatic rings. The average molecular weight is 473 g/mol. The van der Waals surface area contributed by atoms with Gasteiger partial charge in [-0.25, -0.2) is 0 Å². The van der Waals surface area contributed by atoms with Crippen LogP contribution in [-0.2, 0) is 15.8 Å². The third kappa shape index (κ3) is 6.61. The SMILES string of the molecule is CCN(CC(=O)Nc1ccccc1C(F)(F)F)C(=O)C(Sc1ccccc1)c1ccccc1. The Kier molecular flexibility index (Phi) is 8.16. The predicted molar refractivity (Wildman–Crippen MR) is 124 cm³/mol. The van der Waals surface area contributed by atoms with Gasteiger partial charge in [-0.2, -0.15) is 13.2 Å². The maximum absolute atomic E-state index is 13.4. The molecule has 8 heteroatoms. The van der Waals surface area contributed by atoms with Gasteiger partial charge in [-0.1, -0.05) is 60.7 Å². The molecule has 0 saturated heterocycles. The normalized spacial score (nSPS) is 12.1. The van der Waals surface area contributed by atoms with Gasteiger partial charge < -0.3 is 10.2 Å². The molecule has 33 heavy (non-hydrogen) atoms. The second kappa shape index (κ2) is 11.0. The van der Waals surface area contributed by atoms with Gasteiger partial charge in [0.25, 0.3) is 0 Å². The van der Waals surface area contributed by atoms with E-state index in [2.05, 4.69) is 5.32 Å². The van der Waals surface area contributed by atoms with E-state index < -0.39 is 22.9 Å². The number of halogens is 3. The number of hydrogen-bond donors (Lipinski definition) is 1. The molecule has 3 rings (SSSR count). The standard InChI is InChI=1S/C25H23F3N2O2S/c1-2-30(17-22(31)29-21-16-10-9-15-20(21)25(26,27)28)24(32)23(18-11-5-3-6-12-18)33-19-13-7-4-8-14-19/h3-16,23H,2,17H2,1H3,(H,29,31). The summed E-state index contributed by atoms with van der Waals surface area (Å²) in [5.41, 5.74) is -0.496. The van der Waals surface area contributed by atoms with E-state index in [4.69, 9.17) is 0 Å². The summed E-state index contributed by atoms with van der Waals surface area (Å²) >= 11 is 1.36. The van der Waals surface area contributed by atoms with Crippen LogP contribution in [0.1, 0.15) is 23.3 Å². The number of rotatable bonds is 8. The first-order valence-electron chi connectivity index (χ1n) is 10.3. The minimum Gasteiger partial charge on any atom is -0.332 e. The van der Waals surface area contributed by atoms with Crippen molar-refractivity contribution >= 4 is 29.3 Å². The van der Waals surface area contributed by atoms with E-state index in [1.54, 1.807) is 6.92 Å². The van der Waals surface area contributed by atoms with Gasteiger partial charge in [0.15, 0.2) is 0 Å². The monoisotopic (exact) mass is 472 g/mol. The zero-order chi connectivity index (χ0) is 23.8. The number of amides is 2. The van der Waals surface area contributed by atoms with Crippen LogP contribution in [0, 0.1) is 0 Å². The number of para-hydroxylation sites is 1. The van der Waals surface area contributed by atoms with Gasteiger partial charge >= 0.3 is 6.18 Å². The van der Waals surface area contributed by atoms with Crippen molar-refractivity contribution < 1.29 is 22.8 Å². The first kappa shape index (κ1) is 24.4. The van der Waals surface area contributed by atoms with Crippen LogP contribution in [0.25, 0.3) is 0 Å². The van der Waals surface area contributed by atoms with E-state index in [-0.39, 0.29) is 24.7 Å². The van der Waals surface area contributed by atoms with Crippen LogP contribution < -0.4 is 5.32 Å². The van der Waals surface area contributed by atoms with Crippen LogP contribution in [0.5, 0.6) is 0 Å². The zero-order valence-electron chi connectivity index (χ0n) is 17.9. The summed E-state index contributed by atoms with van der Waals surface area (Å²) in [6, 6.07) is 23.4. The minimum atomic E-state index is -4.60. The lowest BCUT2D eigenvalue weighted by Crippen LogP contribution is -2.40. The molecule has 0 aliphatic carbocycles. The van der Waals surface area contributed by atoms with Crippen molar-refractivity contribution in [2.45, 2.75) is 23.2 Å². The molecule has 1 N–H and O–H groups in total. The molecule has 0 saturated carbocycles. The number of carbonyl (C=O) groups is 2. The molecule has 0 aliphatic heterocycles. The van der Waals surface area contributed by atoms with E-state index in [0.717, 1.165) is 16.5 Å². The Morgan fingerprint density at radius 2 is 1.48 bits per heavy atom. The number of carbonyl (C=O) groups excluding carboxylic acids is 2. The van der Waals surface area contributed by atoms with E-state index in [0.29, 0.717) is 0 Å². The van der Waals surface area contributed by atoms with E-state index in [1.807, 2.05) is 60.7 Å². The molecule has 1 unspecified atom stereocenters. The second-order valence-electron chi connectivity index (χ2n) is 7.17. The summed E-state index contributed by atoms with van der Waals surface area (Å²) < 4.78 is 39.7. The highest BCUT2D eigenvalue weighted by Crippen LogP contribution is 2.37. The molecular formula is C25H23F3N2O2S. The third-order valence-electron chi connectivity index (χ3n) is 4.86. The van der Waals surface area contributed by atoms with Gasteiger partial charge in [0.2, 0.25) is 11.8 Å². The summed E-state index contributed by atoms with van der Waals surface area (Å²) in [7, 11) is 0. The summed E-state index contributed by atoms with van der Waals surface area (Å²) in [5, 5.41) is 1.70. The highest BCUT2D eigenvalue weighted by molar-refractivity contribution is 8.00.